The van der Waals surface area contributed by atoms with Gasteiger partial charge in [-0.2, -0.15) is 5.26 Å². The summed E-state index contributed by atoms with van der Waals surface area (Å²) >= 11 is 3.39. The van der Waals surface area contributed by atoms with Crippen LogP contribution in [0.3, 0.4) is 0 Å². The highest BCUT2D eigenvalue weighted by molar-refractivity contribution is 9.10. The highest BCUT2D eigenvalue weighted by Gasteiger charge is 2.05. The molecule has 0 aromatic heterocycles. The lowest BCUT2D eigenvalue weighted by molar-refractivity contribution is 0.974. The Balaban J connectivity index is 3.05. The third kappa shape index (κ3) is 1.81. The lowest BCUT2D eigenvalue weighted by Gasteiger charge is -2.03. The molecule has 0 N–H and O–H groups in total. The van der Waals surface area contributed by atoms with Crippen molar-refractivity contribution in [2.75, 3.05) is 0 Å². The molecule has 0 saturated carbocycles. The first-order valence-electron chi connectivity index (χ1n) is 3.39. The van der Waals surface area contributed by atoms with E-state index in [1.165, 1.54) is 0 Å². The summed E-state index contributed by atoms with van der Waals surface area (Å²) in [6.45, 7) is 1.89. The standard InChI is InChI=1S/C9H8BrN/c1-7(6-11)8-4-2-3-5-9(8)10/h2-5,7H,1H3/t7-/m1/s1. The smallest absolute Gasteiger partial charge is 0.0701 e. The molecule has 0 fully saturated rings. The van der Waals surface area contributed by atoms with E-state index >= 15 is 0 Å². The molecular weight excluding hydrogens is 202 g/mol. The van der Waals surface area contributed by atoms with Gasteiger partial charge in [0.2, 0.25) is 0 Å². The van der Waals surface area contributed by atoms with Gasteiger partial charge >= 0.3 is 0 Å². The van der Waals surface area contributed by atoms with E-state index in [-0.39, 0.29) is 5.92 Å². The molecule has 0 unspecified atom stereocenters. The molecule has 1 nitrogen and oxygen atoms in total. The van der Waals surface area contributed by atoms with Gasteiger partial charge in [0.05, 0.1) is 12.0 Å². The molecule has 0 heterocycles. The Labute approximate surface area is 74.8 Å². The van der Waals surface area contributed by atoms with Crippen molar-refractivity contribution in [3.63, 3.8) is 0 Å². The zero-order valence-corrected chi connectivity index (χ0v) is 7.80. The first kappa shape index (κ1) is 8.29. The van der Waals surface area contributed by atoms with Crippen LogP contribution in [0.5, 0.6) is 0 Å². The highest BCUT2D eigenvalue weighted by Crippen LogP contribution is 2.23. The molecule has 0 aliphatic carbocycles. The first-order chi connectivity index (χ1) is 5.25. The number of benzene rings is 1. The SMILES string of the molecule is C[C@H](C#N)c1ccccc1Br. The fourth-order valence-electron chi connectivity index (χ4n) is 0.896. The largest absolute Gasteiger partial charge is 0.198 e. The van der Waals surface area contributed by atoms with Crippen LogP contribution in [-0.4, -0.2) is 0 Å². The second-order valence-electron chi connectivity index (χ2n) is 2.37. The van der Waals surface area contributed by atoms with Gasteiger partial charge in [-0.25, -0.2) is 0 Å². The van der Waals surface area contributed by atoms with Gasteiger partial charge in [0.25, 0.3) is 0 Å². The number of nitriles is 1. The maximum absolute atomic E-state index is 8.64. The van der Waals surface area contributed by atoms with E-state index in [9.17, 15) is 0 Å². The molecular formula is C9H8BrN. The fourth-order valence-corrected chi connectivity index (χ4v) is 1.52. The Kier molecular flexibility index (Phi) is 2.67. The van der Waals surface area contributed by atoms with Crippen LogP contribution in [0.15, 0.2) is 28.7 Å². The normalized spacial score (nSPS) is 12.1. The van der Waals surface area contributed by atoms with Gasteiger partial charge in [0, 0.05) is 4.47 Å². The molecule has 0 spiro atoms. The molecule has 1 aromatic rings. The summed E-state index contributed by atoms with van der Waals surface area (Å²) < 4.78 is 1.01. The molecule has 56 valence electrons. The van der Waals surface area contributed by atoms with Gasteiger partial charge in [-0.05, 0) is 18.6 Å². The van der Waals surface area contributed by atoms with E-state index in [0.717, 1.165) is 10.0 Å². The Morgan fingerprint density at radius 3 is 2.64 bits per heavy atom. The molecule has 0 bridgehead atoms. The van der Waals surface area contributed by atoms with Crippen molar-refractivity contribution >= 4 is 15.9 Å². The van der Waals surface area contributed by atoms with Crippen molar-refractivity contribution < 1.29 is 0 Å². The number of hydrogen-bond acceptors (Lipinski definition) is 1. The molecule has 0 saturated heterocycles. The third-order valence-corrected chi connectivity index (χ3v) is 2.29. The average molecular weight is 210 g/mol. The zero-order chi connectivity index (χ0) is 8.27. The van der Waals surface area contributed by atoms with Crippen LogP contribution in [0.1, 0.15) is 18.4 Å². The molecule has 0 aliphatic rings. The van der Waals surface area contributed by atoms with Crippen molar-refractivity contribution in [1.29, 1.82) is 5.26 Å². The van der Waals surface area contributed by atoms with Crippen molar-refractivity contribution in [3.05, 3.63) is 34.3 Å². The summed E-state index contributed by atoms with van der Waals surface area (Å²) in [5, 5.41) is 8.64. The van der Waals surface area contributed by atoms with E-state index < -0.39 is 0 Å². The number of hydrogen-bond donors (Lipinski definition) is 0. The Morgan fingerprint density at radius 2 is 2.09 bits per heavy atom. The molecule has 0 amide bonds. The Hall–Kier alpha value is -0.810. The molecule has 0 aliphatic heterocycles. The van der Waals surface area contributed by atoms with Crippen LogP contribution < -0.4 is 0 Å². The van der Waals surface area contributed by atoms with Crippen LogP contribution in [0.4, 0.5) is 0 Å². The minimum absolute atomic E-state index is 0.0365. The minimum Gasteiger partial charge on any atom is -0.198 e. The van der Waals surface area contributed by atoms with Crippen molar-refractivity contribution in [2.45, 2.75) is 12.8 Å². The number of nitrogens with zero attached hydrogens (tertiary/aromatic N) is 1. The highest BCUT2D eigenvalue weighted by atomic mass is 79.9. The molecule has 1 rings (SSSR count). The Bertz CT molecular complexity index is 288. The zero-order valence-electron chi connectivity index (χ0n) is 6.21. The third-order valence-electron chi connectivity index (χ3n) is 1.57. The summed E-state index contributed by atoms with van der Waals surface area (Å²) in [7, 11) is 0. The van der Waals surface area contributed by atoms with E-state index in [2.05, 4.69) is 22.0 Å². The van der Waals surface area contributed by atoms with Crippen LogP contribution in [0.2, 0.25) is 0 Å². The topological polar surface area (TPSA) is 23.8 Å². The maximum Gasteiger partial charge on any atom is 0.0701 e. The van der Waals surface area contributed by atoms with Crippen molar-refractivity contribution in [1.82, 2.24) is 0 Å². The summed E-state index contributed by atoms with van der Waals surface area (Å²) in [5.41, 5.74) is 1.05. The predicted octanol–water partition coefficient (Wildman–Crippen LogP) is 3.08. The molecule has 0 radical (unpaired) electrons. The summed E-state index contributed by atoms with van der Waals surface area (Å²) in [6.07, 6.45) is 0. The van der Waals surface area contributed by atoms with Gasteiger partial charge in [-0.3, -0.25) is 0 Å². The minimum atomic E-state index is -0.0365. The van der Waals surface area contributed by atoms with Crippen LogP contribution in [0, 0.1) is 11.3 Å². The van der Waals surface area contributed by atoms with Gasteiger partial charge < -0.3 is 0 Å². The van der Waals surface area contributed by atoms with E-state index in [4.69, 9.17) is 5.26 Å². The van der Waals surface area contributed by atoms with Crippen molar-refractivity contribution in [3.8, 4) is 6.07 Å². The monoisotopic (exact) mass is 209 g/mol. The van der Waals surface area contributed by atoms with Crippen LogP contribution in [-0.2, 0) is 0 Å². The summed E-state index contributed by atoms with van der Waals surface area (Å²) in [6, 6.07) is 9.98. The lowest BCUT2D eigenvalue weighted by atomic mass is 10.0. The first-order valence-corrected chi connectivity index (χ1v) is 4.19. The Morgan fingerprint density at radius 1 is 1.45 bits per heavy atom. The molecule has 11 heavy (non-hydrogen) atoms. The van der Waals surface area contributed by atoms with Gasteiger partial charge in [-0.15, -0.1) is 0 Å². The van der Waals surface area contributed by atoms with E-state index in [1.807, 2.05) is 31.2 Å². The molecule has 1 aromatic carbocycles. The quantitative estimate of drug-likeness (QED) is 0.698. The van der Waals surface area contributed by atoms with Gasteiger partial charge in [0.15, 0.2) is 0 Å². The van der Waals surface area contributed by atoms with Crippen LogP contribution in [0.25, 0.3) is 0 Å². The van der Waals surface area contributed by atoms with Gasteiger partial charge in [0.1, 0.15) is 0 Å². The second-order valence-corrected chi connectivity index (χ2v) is 3.23. The lowest BCUT2D eigenvalue weighted by Crippen LogP contribution is -1.89. The van der Waals surface area contributed by atoms with E-state index in [1.54, 1.807) is 0 Å². The molecule has 1 atom stereocenters. The number of halogens is 1. The van der Waals surface area contributed by atoms with E-state index in [0.29, 0.717) is 0 Å². The van der Waals surface area contributed by atoms with Gasteiger partial charge in [-0.1, -0.05) is 34.1 Å². The average Bonchev–Trinajstić information content (AvgIpc) is 2.04. The summed E-state index contributed by atoms with van der Waals surface area (Å²) in [5.74, 6) is -0.0365. The summed E-state index contributed by atoms with van der Waals surface area (Å²) in [4.78, 5) is 0. The second kappa shape index (κ2) is 3.54. The molecule has 2 heteroatoms. The van der Waals surface area contributed by atoms with Crippen molar-refractivity contribution in [2.24, 2.45) is 0 Å². The van der Waals surface area contributed by atoms with Crippen LogP contribution >= 0.6 is 15.9 Å². The maximum atomic E-state index is 8.64. The number of rotatable bonds is 1. The predicted molar refractivity (Wildman–Crippen MR) is 48.2 cm³/mol. The fraction of sp³-hybridized carbons (Fsp3) is 0.222.